The maximum atomic E-state index is 9.17. The number of anilines is 1. The third-order valence-corrected chi connectivity index (χ3v) is 4.33. The summed E-state index contributed by atoms with van der Waals surface area (Å²) in [4.78, 5) is 8.78. The highest BCUT2D eigenvalue weighted by molar-refractivity contribution is 7.98. The van der Waals surface area contributed by atoms with E-state index in [2.05, 4.69) is 27.4 Å². The van der Waals surface area contributed by atoms with Crippen LogP contribution in [0.5, 0.6) is 0 Å². The number of hydrogen-bond donors (Lipinski definition) is 2. The number of rotatable bonds is 7. The summed E-state index contributed by atoms with van der Waals surface area (Å²) in [6.07, 6.45) is 3.49. The summed E-state index contributed by atoms with van der Waals surface area (Å²) in [6, 6.07) is 10.5. The Hall–Kier alpha value is -1.59. The summed E-state index contributed by atoms with van der Waals surface area (Å²) in [7, 11) is 0. The maximum absolute atomic E-state index is 9.17. The molecule has 0 saturated heterocycles. The van der Waals surface area contributed by atoms with Crippen molar-refractivity contribution in [2.45, 2.75) is 30.7 Å². The summed E-state index contributed by atoms with van der Waals surface area (Å²) in [5.74, 6) is 1.80. The quantitative estimate of drug-likeness (QED) is 0.769. The fraction of sp³-hybridized carbons (Fsp3) is 0.375. The van der Waals surface area contributed by atoms with Crippen LogP contribution >= 0.6 is 11.8 Å². The molecule has 0 fully saturated rings. The first-order valence-corrected chi connectivity index (χ1v) is 8.03. The van der Waals surface area contributed by atoms with Crippen molar-refractivity contribution in [3.8, 4) is 0 Å². The van der Waals surface area contributed by atoms with Crippen molar-refractivity contribution in [1.82, 2.24) is 9.97 Å². The predicted octanol–water partition coefficient (Wildman–Crippen LogP) is 3.20. The molecule has 1 aromatic heterocycles. The van der Waals surface area contributed by atoms with E-state index in [1.165, 1.54) is 5.56 Å². The fourth-order valence-electron chi connectivity index (χ4n) is 1.75. The van der Waals surface area contributed by atoms with E-state index >= 15 is 0 Å². The minimum absolute atomic E-state index is 0.152. The molecule has 0 saturated carbocycles. The Balaban J connectivity index is 1.94. The number of aliphatic hydroxyl groups is 1. The third-order valence-electron chi connectivity index (χ3n) is 3.36. The molecule has 5 heteroatoms. The molecule has 0 spiro atoms. The minimum atomic E-state index is 0.152. The van der Waals surface area contributed by atoms with Gasteiger partial charge in [-0.05, 0) is 18.4 Å². The predicted molar refractivity (Wildman–Crippen MR) is 87.4 cm³/mol. The number of thioether (sulfide) groups is 1. The molecule has 0 aliphatic carbocycles. The Morgan fingerprint density at radius 3 is 2.67 bits per heavy atom. The Kier molecular flexibility index (Phi) is 6.02. The molecule has 4 nitrogen and oxygen atoms in total. The van der Waals surface area contributed by atoms with E-state index in [-0.39, 0.29) is 18.6 Å². The molecule has 21 heavy (non-hydrogen) atoms. The molecule has 0 radical (unpaired) electrons. The average Bonchev–Trinajstić information content (AvgIpc) is 2.53. The molecule has 0 bridgehead atoms. The zero-order valence-corrected chi connectivity index (χ0v) is 13.2. The van der Waals surface area contributed by atoms with Gasteiger partial charge in [-0.1, -0.05) is 37.3 Å². The fourth-order valence-corrected chi connectivity index (χ4v) is 2.56. The summed E-state index contributed by atoms with van der Waals surface area (Å²) in [5.41, 5.74) is 1.27. The molecule has 1 heterocycles. The number of hydrogen-bond acceptors (Lipinski definition) is 5. The van der Waals surface area contributed by atoms with Crippen molar-refractivity contribution in [1.29, 1.82) is 0 Å². The normalized spacial score (nSPS) is 13.7. The molecule has 2 N–H and O–H groups in total. The van der Waals surface area contributed by atoms with Crippen molar-refractivity contribution < 1.29 is 5.11 Å². The summed E-state index contributed by atoms with van der Waals surface area (Å²) < 4.78 is 0. The van der Waals surface area contributed by atoms with Crippen LogP contribution < -0.4 is 5.32 Å². The van der Waals surface area contributed by atoms with Gasteiger partial charge in [0, 0.05) is 18.4 Å². The van der Waals surface area contributed by atoms with Crippen LogP contribution in [-0.2, 0) is 5.75 Å². The lowest BCUT2D eigenvalue weighted by Gasteiger charge is -2.19. The number of benzene rings is 1. The zero-order chi connectivity index (χ0) is 15.1. The topological polar surface area (TPSA) is 58.0 Å². The van der Waals surface area contributed by atoms with Gasteiger partial charge in [0.25, 0.3) is 0 Å². The van der Waals surface area contributed by atoms with Crippen LogP contribution in [0.15, 0.2) is 47.8 Å². The molecule has 2 unspecified atom stereocenters. The van der Waals surface area contributed by atoms with Crippen LogP contribution in [0.4, 0.5) is 5.82 Å². The number of nitrogens with zero attached hydrogens (tertiary/aromatic N) is 2. The zero-order valence-electron chi connectivity index (χ0n) is 12.4. The van der Waals surface area contributed by atoms with Crippen molar-refractivity contribution in [2.75, 3.05) is 11.9 Å². The highest BCUT2D eigenvalue weighted by atomic mass is 32.2. The van der Waals surface area contributed by atoms with Gasteiger partial charge in [-0.2, -0.15) is 0 Å². The van der Waals surface area contributed by atoms with Crippen LogP contribution in [-0.4, -0.2) is 27.7 Å². The van der Waals surface area contributed by atoms with E-state index in [1.54, 1.807) is 24.2 Å². The van der Waals surface area contributed by atoms with Gasteiger partial charge in [0.15, 0.2) is 0 Å². The Bertz CT molecular complexity index is 550. The van der Waals surface area contributed by atoms with E-state index < -0.39 is 0 Å². The second-order valence-electron chi connectivity index (χ2n) is 5.11. The Morgan fingerprint density at radius 2 is 1.95 bits per heavy atom. The first-order chi connectivity index (χ1) is 10.2. The molecule has 0 aliphatic rings. The van der Waals surface area contributed by atoms with E-state index in [1.807, 2.05) is 32.0 Å². The highest BCUT2D eigenvalue weighted by Crippen LogP contribution is 2.21. The van der Waals surface area contributed by atoms with Gasteiger partial charge >= 0.3 is 0 Å². The third kappa shape index (κ3) is 5.02. The van der Waals surface area contributed by atoms with Crippen molar-refractivity contribution in [3.63, 3.8) is 0 Å². The number of nitrogens with one attached hydrogen (secondary N) is 1. The van der Waals surface area contributed by atoms with Gasteiger partial charge in [0.2, 0.25) is 0 Å². The van der Waals surface area contributed by atoms with Crippen LogP contribution in [0, 0.1) is 5.92 Å². The monoisotopic (exact) mass is 303 g/mol. The summed E-state index contributed by atoms with van der Waals surface area (Å²) in [6.45, 7) is 4.19. The van der Waals surface area contributed by atoms with E-state index in [0.717, 1.165) is 16.6 Å². The van der Waals surface area contributed by atoms with Gasteiger partial charge in [-0.25, -0.2) is 4.98 Å². The molecular weight excluding hydrogens is 282 g/mol. The van der Waals surface area contributed by atoms with Gasteiger partial charge in [-0.3, -0.25) is 4.98 Å². The van der Waals surface area contributed by atoms with E-state index in [0.29, 0.717) is 0 Å². The highest BCUT2D eigenvalue weighted by Gasteiger charge is 2.11. The lowest BCUT2D eigenvalue weighted by atomic mass is 10.1. The van der Waals surface area contributed by atoms with Gasteiger partial charge in [0.1, 0.15) is 10.8 Å². The Morgan fingerprint density at radius 1 is 1.19 bits per heavy atom. The first-order valence-electron chi connectivity index (χ1n) is 7.05. The molecule has 1 aromatic carbocycles. The van der Waals surface area contributed by atoms with Crippen LogP contribution in [0.1, 0.15) is 19.4 Å². The van der Waals surface area contributed by atoms with Crippen molar-refractivity contribution >= 4 is 17.6 Å². The van der Waals surface area contributed by atoms with Gasteiger partial charge < -0.3 is 10.4 Å². The summed E-state index contributed by atoms with van der Waals surface area (Å²) in [5, 5.41) is 13.3. The Labute approximate surface area is 130 Å². The molecule has 2 aromatic rings. The molecule has 2 rings (SSSR count). The maximum Gasteiger partial charge on any atom is 0.146 e. The molecule has 2 atom stereocenters. The number of aromatic nitrogens is 2. The smallest absolute Gasteiger partial charge is 0.146 e. The van der Waals surface area contributed by atoms with Crippen molar-refractivity contribution in [3.05, 3.63) is 48.3 Å². The molecule has 112 valence electrons. The lowest BCUT2D eigenvalue weighted by Crippen LogP contribution is -2.26. The lowest BCUT2D eigenvalue weighted by molar-refractivity contribution is 0.226. The second-order valence-corrected chi connectivity index (χ2v) is 6.11. The van der Waals surface area contributed by atoms with E-state index in [9.17, 15) is 0 Å². The van der Waals surface area contributed by atoms with E-state index in [4.69, 9.17) is 5.11 Å². The molecular formula is C16H21N3OS. The first kappa shape index (κ1) is 15.8. The summed E-state index contributed by atoms with van der Waals surface area (Å²) >= 11 is 1.67. The average molecular weight is 303 g/mol. The SMILES string of the molecule is CC(CO)C(C)Nc1cncc(SCc2ccccc2)n1. The van der Waals surface area contributed by atoms with Gasteiger partial charge in [0.05, 0.1) is 12.4 Å². The number of aliphatic hydroxyl groups excluding tert-OH is 1. The van der Waals surface area contributed by atoms with Crippen molar-refractivity contribution in [2.24, 2.45) is 5.92 Å². The van der Waals surface area contributed by atoms with Crippen LogP contribution in [0.2, 0.25) is 0 Å². The minimum Gasteiger partial charge on any atom is -0.396 e. The molecule has 0 aliphatic heterocycles. The molecule has 0 amide bonds. The van der Waals surface area contributed by atoms with Gasteiger partial charge in [-0.15, -0.1) is 11.8 Å². The second kappa shape index (κ2) is 8.00. The van der Waals surface area contributed by atoms with Crippen LogP contribution in [0.3, 0.4) is 0 Å². The standard InChI is InChI=1S/C16H21N3OS/c1-12(10-20)13(2)18-15-8-17-9-16(19-15)21-11-14-6-4-3-5-7-14/h3-9,12-13,20H,10-11H2,1-2H3,(H,18,19). The van der Waals surface area contributed by atoms with Crippen LogP contribution in [0.25, 0.3) is 0 Å². The largest absolute Gasteiger partial charge is 0.396 e.